The number of anilines is 1. The molecule has 0 atom stereocenters. The summed E-state index contributed by atoms with van der Waals surface area (Å²) < 4.78 is 23.7. The summed E-state index contributed by atoms with van der Waals surface area (Å²) in [5.74, 6) is -0.465. The van der Waals surface area contributed by atoms with Crippen molar-refractivity contribution in [1.82, 2.24) is 0 Å². The van der Waals surface area contributed by atoms with Gasteiger partial charge < -0.3 is 14.8 Å². The Hall–Kier alpha value is -2.08. The van der Waals surface area contributed by atoms with Crippen LogP contribution in [-0.4, -0.2) is 20.1 Å². The van der Waals surface area contributed by atoms with E-state index in [-0.39, 0.29) is 17.3 Å². The number of halogens is 1. The minimum Gasteiger partial charge on any atom is -0.494 e. The molecule has 0 bridgehead atoms. The standard InChI is InChI=1S/C14H14FNO3S/c1-8-6-20-7-9(8)14(17)16-11-4-10(15)12(18-2)5-13(11)19-3/h4-7H,1-3H3,(H,16,17). The van der Waals surface area contributed by atoms with Crippen molar-refractivity contribution in [3.8, 4) is 11.5 Å². The van der Waals surface area contributed by atoms with Gasteiger partial charge in [-0.15, -0.1) is 0 Å². The average molecular weight is 295 g/mol. The average Bonchev–Trinajstić information content (AvgIpc) is 2.85. The number of ether oxygens (including phenoxy) is 2. The van der Waals surface area contributed by atoms with Gasteiger partial charge in [-0.1, -0.05) is 0 Å². The molecule has 1 heterocycles. The summed E-state index contributed by atoms with van der Waals surface area (Å²) in [4.78, 5) is 12.1. The van der Waals surface area contributed by atoms with Crippen molar-refractivity contribution in [2.45, 2.75) is 6.92 Å². The summed E-state index contributed by atoms with van der Waals surface area (Å²) in [6, 6.07) is 2.57. The first-order valence-corrected chi connectivity index (χ1v) is 6.76. The molecule has 0 unspecified atom stereocenters. The van der Waals surface area contributed by atoms with Crippen LogP contribution in [0.3, 0.4) is 0 Å². The van der Waals surface area contributed by atoms with E-state index < -0.39 is 5.82 Å². The van der Waals surface area contributed by atoms with Gasteiger partial charge >= 0.3 is 0 Å². The van der Waals surface area contributed by atoms with Gasteiger partial charge in [-0.05, 0) is 17.9 Å². The van der Waals surface area contributed by atoms with Crippen molar-refractivity contribution in [3.05, 3.63) is 39.8 Å². The van der Waals surface area contributed by atoms with E-state index in [0.717, 1.165) is 5.56 Å². The molecule has 1 N–H and O–H groups in total. The Kier molecular flexibility index (Phi) is 4.24. The van der Waals surface area contributed by atoms with E-state index in [1.54, 1.807) is 5.38 Å². The fourth-order valence-corrected chi connectivity index (χ4v) is 2.57. The van der Waals surface area contributed by atoms with Crippen molar-refractivity contribution >= 4 is 22.9 Å². The van der Waals surface area contributed by atoms with E-state index in [4.69, 9.17) is 9.47 Å². The van der Waals surface area contributed by atoms with Gasteiger partial charge in [0.25, 0.3) is 5.91 Å². The first-order chi connectivity index (χ1) is 9.56. The highest BCUT2D eigenvalue weighted by molar-refractivity contribution is 7.08. The second-order valence-corrected chi connectivity index (χ2v) is 4.85. The van der Waals surface area contributed by atoms with E-state index in [0.29, 0.717) is 11.3 Å². The topological polar surface area (TPSA) is 47.6 Å². The predicted molar refractivity (Wildman–Crippen MR) is 76.5 cm³/mol. The van der Waals surface area contributed by atoms with Crippen molar-refractivity contribution < 1.29 is 18.7 Å². The minimum atomic E-state index is -0.564. The zero-order chi connectivity index (χ0) is 14.7. The zero-order valence-electron chi connectivity index (χ0n) is 11.3. The summed E-state index contributed by atoms with van der Waals surface area (Å²) in [5, 5.41) is 6.27. The molecule has 1 aromatic heterocycles. The molecule has 0 saturated carbocycles. The number of carbonyl (C=O) groups excluding carboxylic acids is 1. The van der Waals surface area contributed by atoms with Crippen LogP contribution in [0.4, 0.5) is 10.1 Å². The molecule has 4 nitrogen and oxygen atoms in total. The van der Waals surface area contributed by atoms with Gasteiger partial charge in [-0.2, -0.15) is 11.3 Å². The molecule has 106 valence electrons. The summed E-state index contributed by atoms with van der Waals surface area (Å²) in [6.07, 6.45) is 0. The number of thiophene rings is 1. The van der Waals surface area contributed by atoms with Crippen LogP contribution < -0.4 is 14.8 Å². The lowest BCUT2D eigenvalue weighted by atomic mass is 10.2. The number of aryl methyl sites for hydroxylation is 1. The largest absolute Gasteiger partial charge is 0.494 e. The number of benzene rings is 1. The Morgan fingerprint density at radius 3 is 2.45 bits per heavy atom. The Labute approximate surface area is 120 Å². The summed E-state index contributed by atoms with van der Waals surface area (Å²) in [7, 11) is 2.81. The van der Waals surface area contributed by atoms with Crippen molar-refractivity contribution in [2.24, 2.45) is 0 Å². The van der Waals surface area contributed by atoms with Crippen molar-refractivity contribution in [3.63, 3.8) is 0 Å². The van der Waals surface area contributed by atoms with E-state index >= 15 is 0 Å². The highest BCUT2D eigenvalue weighted by Crippen LogP contribution is 2.32. The maximum Gasteiger partial charge on any atom is 0.256 e. The maximum absolute atomic E-state index is 13.7. The first kappa shape index (κ1) is 14.3. The van der Waals surface area contributed by atoms with Crippen LogP contribution in [0, 0.1) is 12.7 Å². The number of carbonyl (C=O) groups is 1. The summed E-state index contributed by atoms with van der Waals surface area (Å²) in [6.45, 7) is 1.84. The van der Waals surface area contributed by atoms with E-state index in [1.165, 1.54) is 37.7 Å². The van der Waals surface area contributed by atoms with Crippen LogP contribution in [-0.2, 0) is 0 Å². The van der Waals surface area contributed by atoms with E-state index in [9.17, 15) is 9.18 Å². The van der Waals surface area contributed by atoms with Gasteiger partial charge in [0.2, 0.25) is 0 Å². The molecule has 6 heteroatoms. The number of rotatable bonds is 4. The highest BCUT2D eigenvalue weighted by Gasteiger charge is 2.15. The quantitative estimate of drug-likeness (QED) is 0.939. The molecule has 0 spiro atoms. The number of amides is 1. The molecule has 0 saturated heterocycles. The smallest absolute Gasteiger partial charge is 0.256 e. The SMILES string of the molecule is COc1cc(OC)c(NC(=O)c2cscc2C)cc1F. The molecule has 2 rings (SSSR count). The van der Waals surface area contributed by atoms with Crippen LogP contribution in [0.25, 0.3) is 0 Å². The van der Waals surface area contributed by atoms with Crippen LogP contribution in [0.5, 0.6) is 11.5 Å². The highest BCUT2D eigenvalue weighted by atomic mass is 32.1. The Bertz CT molecular complexity index is 639. The molecule has 1 amide bonds. The molecular formula is C14H14FNO3S. The van der Waals surface area contributed by atoms with E-state index in [1.807, 2.05) is 12.3 Å². The molecular weight excluding hydrogens is 281 g/mol. The third-order valence-corrected chi connectivity index (χ3v) is 3.68. The van der Waals surface area contributed by atoms with Gasteiger partial charge in [-0.3, -0.25) is 4.79 Å². The molecule has 0 aliphatic rings. The van der Waals surface area contributed by atoms with Gasteiger partial charge in [0.1, 0.15) is 5.75 Å². The van der Waals surface area contributed by atoms with Crippen LogP contribution in [0.2, 0.25) is 0 Å². The van der Waals surface area contributed by atoms with E-state index in [2.05, 4.69) is 5.32 Å². The normalized spacial score (nSPS) is 10.2. The third kappa shape index (κ3) is 2.75. The third-order valence-electron chi connectivity index (χ3n) is 2.82. The monoisotopic (exact) mass is 295 g/mol. The number of hydrogen-bond acceptors (Lipinski definition) is 4. The molecule has 0 radical (unpaired) electrons. The van der Waals surface area contributed by atoms with Crippen LogP contribution in [0.1, 0.15) is 15.9 Å². The van der Waals surface area contributed by atoms with Gasteiger partial charge in [-0.25, -0.2) is 4.39 Å². The van der Waals surface area contributed by atoms with Crippen molar-refractivity contribution in [2.75, 3.05) is 19.5 Å². The number of methoxy groups -OCH3 is 2. The minimum absolute atomic E-state index is 0.0616. The van der Waals surface area contributed by atoms with Gasteiger partial charge in [0, 0.05) is 17.5 Å². The Morgan fingerprint density at radius 1 is 1.20 bits per heavy atom. The fourth-order valence-electron chi connectivity index (χ4n) is 1.74. The number of hydrogen-bond donors (Lipinski definition) is 1. The van der Waals surface area contributed by atoms with Gasteiger partial charge in [0.15, 0.2) is 11.6 Å². The molecule has 0 fully saturated rings. The van der Waals surface area contributed by atoms with Crippen molar-refractivity contribution in [1.29, 1.82) is 0 Å². The predicted octanol–water partition coefficient (Wildman–Crippen LogP) is 3.47. The molecule has 0 aliphatic heterocycles. The molecule has 2 aromatic rings. The summed E-state index contributed by atoms with van der Waals surface area (Å²) in [5.41, 5.74) is 1.70. The Balaban J connectivity index is 2.31. The summed E-state index contributed by atoms with van der Waals surface area (Å²) >= 11 is 1.44. The van der Waals surface area contributed by atoms with Gasteiger partial charge in [0.05, 0.1) is 25.5 Å². The second kappa shape index (κ2) is 5.92. The lowest BCUT2D eigenvalue weighted by Gasteiger charge is -2.12. The lowest BCUT2D eigenvalue weighted by molar-refractivity contribution is 0.102. The maximum atomic E-state index is 13.7. The van der Waals surface area contributed by atoms with Crippen LogP contribution >= 0.6 is 11.3 Å². The molecule has 0 aliphatic carbocycles. The second-order valence-electron chi connectivity index (χ2n) is 4.11. The number of nitrogens with one attached hydrogen (secondary N) is 1. The Morgan fingerprint density at radius 2 is 1.90 bits per heavy atom. The zero-order valence-corrected chi connectivity index (χ0v) is 12.1. The first-order valence-electron chi connectivity index (χ1n) is 5.82. The molecule has 1 aromatic carbocycles. The molecule has 20 heavy (non-hydrogen) atoms. The lowest BCUT2D eigenvalue weighted by Crippen LogP contribution is -2.13. The fraction of sp³-hybridized carbons (Fsp3) is 0.214. The van der Waals surface area contributed by atoms with Crippen LogP contribution in [0.15, 0.2) is 22.9 Å².